The van der Waals surface area contributed by atoms with Gasteiger partial charge in [-0.25, -0.2) is 0 Å². The third-order valence-corrected chi connectivity index (χ3v) is 3.04. The van der Waals surface area contributed by atoms with Crippen LogP contribution in [0.3, 0.4) is 0 Å². The molecule has 1 heterocycles. The maximum absolute atomic E-state index is 5.84. The summed E-state index contributed by atoms with van der Waals surface area (Å²) in [6.45, 7) is 10.6. The lowest BCUT2D eigenvalue weighted by Crippen LogP contribution is -2.15. The summed E-state index contributed by atoms with van der Waals surface area (Å²) in [5.41, 5.74) is 9.00. The molecule has 0 radical (unpaired) electrons. The topological polar surface area (TPSA) is 70.3 Å². The monoisotopic (exact) mass is 281 g/mol. The highest BCUT2D eigenvalue weighted by Crippen LogP contribution is 2.22. The third-order valence-electron chi connectivity index (χ3n) is 3.04. The SMILES string of the molecule is CCc1nnc(OCCOCC(C)C)c(CN)c1CC. The van der Waals surface area contributed by atoms with Gasteiger partial charge < -0.3 is 15.2 Å². The van der Waals surface area contributed by atoms with Gasteiger partial charge in [-0.1, -0.05) is 27.7 Å². The Kier molecular flexibility index (Phi) is 7.47. The normalized spacial score (nSPS) is 11.1. The lowest BCUT2D eigenvalue weighted by molar-refractivity contribution is 0.0799. The van der Waals surface area contributed by atoms with Crippen molar-refractivity contribution < 1.29 is 9.47 Å². The van der Waals surface area contributed by atoms with E-state index in [4.69, 9.17) is 15.2 Å². The summed E-state index contributed by atoms with van der Waals surface area (Å²) in [6, 6.07) is 0. The van der Waals surface area contributed by atoms with Crippen molar-refractivity contribution in [1.29, 1.82) is 0 Å². The largest absolute Gasteiger partial charge is 0.474 e. The van der Waals surface area contributed by atoms with Gasteiger partial charge in [-0.3, -0.25) is 0 Å². The Morgan fingerprint density at radius 3 is 2.35 bits per heavy atom. The number of rotatable bonds is 9. The number of hydrogen-bond acceptors (Lipinski definition) is 5. The Balaban J connectivity index is 2.65. The molecule has 114 valence electrons. The quantitative estimate of drug-likeness (QED) is 0.702. The van der Waals surface area contributed by atoms with Gasteiger partial charge in [0.2, 0.25) is 5.88 Å². The molecule has 0 saturated carbocycles. The van der Waals surface area contributed by atoms with Crippen molar-refractivity contribution in [2.75, 3.05) is 19.8 Å². The van der Waals surface area contributed by atoms with Gasteiger partial charge in [-0.15, -0.1) is 5.10 Å². The first-order valence-corrected chi connectivity index (χ1v) is 7.41. The molecule has 2 N–H and O–H groups in total. The lowest BCUT2D eigenvalue weighted by atomic mass is 10.0. The lowest BCUT2D eigenvalue weighted by Gasteiger charge is -2.14. The summed E-state index contributed by atoms with van der Waals surface area (Å²) in [5.74, 6) is 1.08. The van der Waals surface area contributed by atoms with Crippen molar-refractivity contribution in [2.24, 2.45) is 11.7 Å². The van der Waals surface area contributed by atoms with Crippen LogP contribution in [0.5, 0.6) is 5.88 Å². The second kappa shape index (κ2) is 8.87. The first-order valence-electron chi connectivity index (χ1n) is 7.41. The molecule has 0 unspecified atom stereocenters. The second-order valence-corrected chi connectivity index (χ2v) is 5.14. The summed E-state index contributed by atoms with van der Waals surface area (Å²) in [5, 5.41) is 8.39. The summed E-state index contributed by atoms with van der Waals surface area (Å²) in [7, 11) is 0. The van der Waals surface area contributed by atoms with Crippen LogP contribution in [-0.2, 0) is 24.1 Å². The molecule has 0 aliphatic heterocycles. The molecular formula is C15H27N3O2. The van der Waals surface area contributed by atoms with Crippen LogP contribution in [0.4, 0.5) is 0 Å². The number of aromatic nitrogens is 2. The zero-order chi connectivity index (χ0) is 15.0. The molecule has 1 rings (SSSR count). The molecule has 0 aliphatic rings. The van der Waals surface area contributed by atoms with E-state index >= 15 is 0 Å². The molecule has 0 aliphatic carbocycles. The highest BCUT2D eigenvalue weighted by atomic mass is 16.5. The van der Waals surface area contributed by atoms with Crippen molar-refractivity contribution >= 4 is 0 Å². The molecular weight excluding hydrogens is 254 g/mol. The highest BCUT2D eigenvalue weighted by Gasteiger charge is 2.14. The summed E-state index contributed by atoms with van der Waals surface area (Å²) in [4.78, 5) is 0. The van der Waals surface area contributed by atoms with E-state index in [1.54, 1.807) is 0 Å². The molecule has 0 spiro atoms. The number of hydrogen-bond donors (Lipinski definition) is 1. The molecule has 0 atom stereocenters. The highest BCUT2D eigenvalue weighted by molar-refractivity contribution is 5.36. The van der Waals surface area contributed by atoms with Gasteiger partial charge in [0.15, 0.2) is 0 Å². The number of nitrogens with zero attached hydrogens (tertiary/aromatic N) is 2. The van der Waals surface area contributed by atoms with Crippen LogP contribution >= 0.6 is 0 Å². The van der Waals surface area contributed by atoms with Gasteiger partial charge in [0, 0.05) is 18.7 Å². The zero-order valence-corrected chi connectivity index (χ0v) is 13.1. The fourth-order valence-corrected chi connectivity index (χ4v) is 2.07. The van der Waals surface area contributed by atoms with Gasteiger partial charge in [0.1, 0.15) is 6.61 Å². The summed E-state index contributed by atoms with van der Waals surface area (Å²) in [6.07, 6.45) is 1.76. The van der Waals surface area contributed by atoms with Gasteiger partial charge in [-0.05, 0) is 24.3 Å². The molecule has 0 amide bonds. The molecule has 20 heavy (non-hydrogen) atoms. The molecule has 0 saturated heterocycles. The van der Waals surface area contributed by atoms with Crippen LogP contribution < -0.4 is 10.5 Å². The van der Waals surface area contributed by atoms with E-state index in [0.717, 1.165) is 30.7 Å². The minimum absolute atomic E-state index is 0.424. The Bertz CT molecular complexity index is 408. The number of nitrogens with two attached hydrogens (primary N) is 1. The van der Waals surface area contributed by atoms with Crippen LogP contribution in [-0.4, -0.2) is 30.0 Å². The van der Waals surface area contributed by atoms with Crippen molar-refractivity contribution in [3.8, 4) is 5.88 Å². The Morgan fingerprint density at radius 2 is 1.80 bits per heavy atom. The Labute approximate surface area is 121 Å². The Hall–Kier alpha value is -1.20. The number of ether oxygens (including phenoxy) is 2. The molecule has 1 aromatic rings. The summed E-state index contributed by atoms with van der Waals surface area (Å²) >= 11 is 0. The van der Waals surface area contributed by atoms with Gasteiger partial charge in [0.05, 0.1) is 12.3 Å². The first kappa shape index (κ1) is 16.9. The predicted octanol–water partition coefficient (Wildman–Crippen LogP) is 2.11. The third kappa shape index (κ3) is 4.72. The van der Waals surface area contributed by atoms with Gasteiger partial charge in [-0.2, -0.15) is 5.10 Å². The van der Waals surface area contributed by atoms with Gasteiger partial charge >= 0.3 is 0 Å². The standard InChI is InChI=1S/C15H27N3O2/c1-5-12-13(9-16)15(18-17-14(12)6-2)20-8-7-19-10-11(3)4/h11H,5-10,16H2,1-4H3. The molecule has 5 heteroatoms. The molecule has 1 aromatic heterocycles. The van der Waals surface area contributed by atoms with Crippen LogP contribution in [0.25, 0.3) is 0 Å². The molecule has 0 bridgehead atoms. The Morgan fingerprint density at radius 1 is 1.05 bits per heavy atom. The molecule has 5 nitrogen and oxygen atoms in total. The average Bonchev–Trinajstić information content (AvgIpc) is 2.45. The molecule has 0 aromatic carbocycles. The van der Waals surface area contributed by atoms with E-state index < -0.39 is 0 Å². The maximum Gasteiger partial charge on any atom is 0.238 e. The molecule has 0 fully saturated rings. The first-order chi connectivity index (χ1) is 9.63. The van der Waals surface area contributed by atoms with E-state index in [-0.39, 0.29) is 0 Å². The number of aryl methyl sites for hydroxylation is 1. The van der Waals surface area contributed by atoms with Crippen LogP contribution in [0, 0.1) is 5.92 Å². The minimum atomic E-state index is 0.424. The minimum Gasteiger partial charge on any atom is -0.474 e. The average molecular weight is 281 g/mol. The smallest absolute Gasteiger partial charge is 0.238 e. The van der Waals surface area contributed by atoms with Crippen molar-refractivity contribution in [1.82, 2.24) is 10.2 Å². The maximum atomic E-state index is 5.84. The van der Waals surface area contributed by atoms with Crippen LogP contribution in [0.15, 0.2) is 0 Å². The predicted molar refractivity (Wildman–Crippen MR) is 79.8 cm³/mol. The fraction of sp³-hybridized carbons (Fsp3) is 0.733. The van der Waals surface area contributed by atoms with Crippen molar-refractivity contribution in [2.45, 2.75) is 47.1 Å². The van der Waals surface area contributed by atoms with Crippen LogP contribution in [0.1, 0.15) is 44.5 Å². The van der Waals surface area contributed by atoms with Crippen molar-refractivity contribution in [3.63, 3.8) is 0 Å². The van der Waals surface area contributed by atoms with E-state index in [1.807, 2.05) is 0 Å². The van der Waals surface area contributed by atoms with E-state index in [2.05, 4.69) is 37.9 Å². The van der Waals surface area contributed by atoms with E-state index in [0.29, 0.717) is 31.6 Å². The summed E-state index contributed by atoms with van der Waals surface area (Å²) < 4.78 is 11.2. The fourth-order valence-electron chi connectivity index (χ4n) is 2.07. The van der Waals surface area contributed by atoms with E-state index in [1.165, 1.54) is 5.56 Å². The second-order valence-electron chi connectivity index (χ2n) is 5.14. The van der Waals surface area contributed by atoms with Gasteiger partial charge in [0.25, 0.3) is 0 Å². The zero-order valence-electron chi connectivity index (χ0n) is 13.1. The van der Waals surface area contributed by atoms with Crippen molar-refractivity contribution in [3.05, 3.63) is 16.8 Å². The van der Waals surface area contributed by atoms with E-state index in [9.17, 15) is 0 Å². The van der Waals surface area contributed by atoms with Crippen LogP contribution in [0.2, 0.25) is 0 Å².